The quantitative estimate of drug-likeness (QED) is 0.786. The van der Waals surface area contributed by atoms with Gasteiger partial charge in [0.25, 0.3) is 5.56 Å². The van der Waals surface area contributed by atoms with Crippen molar-refractivity contribution in [3.63, 3.8) is 0 Å². The van der Waals surface area contributed by atoms with Crippen LogP contribution in [0.15, 0.2) is 59.7 Å². The van der Waals surface area contributed by atoms with Crippen LogP contribution in [0.1, 0.15) is 5.56 Å². The van der Waals surface area contributed by atoms with Gasteiger partial charge in [-0.15, -0.1) is 0 Å². The lowest BCUT2D eigenvalue weighted by molar-refractivity contribution is 1.21. The smallest absolute Gasteiger partial charge is 0.266 e. The van der Waals surface area contributed by atoms with Crippen molar-refractivity contribution >= 4 is 11.6 Å². The predicted octanol–water partition coefficient (Wildman–Crippen LogP) is 3.63. The van der Waals surface area contributed by atoms with Crippen molar-refractivity contribution in [1.29, 1.82) is 5.26 Å². The zero-order valence-corrected chi connectivity index (χ0v) is 12.1. The summed E-state index contributed by atoms with van der Waals surface area (Å²) in [4.78, 5) is 19.0. The second kappa shape index (κ2) is 5.84. The van der Waals surface area contributed by atoms with Gasteiger partial charge in [0.1, 0.15) is 11.6 Å². The van der Waals surface area contributed by atoms with Gasteiger partial charge >= 0.3 is 0 Å². The van der Waals surface area contributed by atoms with E-state index in [1.807, 2.05) is 24.3 Å². The Bertz CT molecular complexity index is 909. The summed E-state index contributed by atoms with van der Waals surface area (Å²) in [5, 5.41) is 9.87. The van der Waals surface area contributed by atoms with Crippen molar-refractivity contribution in [3.05, 3.63) is 75.8 Å². The molecule has 0 aliphatic rings. The molecule has 2 heterocycles. The summed E-state index contributed by atoms with van der Waals surface area (Å²) in [6.45, 7) is 0. The lowest BCUT2D eigenvalue weighted by atomic mass is 10.0. The van der Waals surface area contributed by atoms with Gasteiger partial charge < -0.3 is 4.98 Å². The first-order chi connectivity index (χ1) is 10.7. The number of pyridine rings is 2. The van der Waals surface area contributed by atoms with Crippen LogP contribution in [0.4, 0.5) is 0 Å². The summed E-state index contributed by atoms with van der Waals surface area (Å²) in [6, 6.07) is 14.4. The molecule has 3 rings (SSSR count). The molecule has 0 atom stereocenters. The highest BCUT2D eigenvalue weighted by atomic mass is 35.5. The monoisotopic (exact) mass is 307 g/mol. The average Bonchev–Trinajstić information content (AvgIpc) is 2.55. The minimum Gasteiger partial charge on any atom is -0.321 e. The molecule has 0 amide bonds. The number of aromatic amines is 1. The molecular weight excluding hydrogens is 298 g/mol. The fourth-order valence-corrected chi connectivity index (χ4v) is 2.33. The van der Waals surface area contributed by atoms with Crippen molar-refractivity contribution < 1.29 is 0 Å². The molecule has 4 nitrogen and oxygen atoms in total. The molecule has 3 aromatic rings. The lowest BCUT2D eigenvalue weighted by Crippen LogP contribution is -2.12. The van der Waals surface area contributed by atoms with Gasteiger partial charge in [-0.05, 0) is 29.8 Å². The van der Waals surface area contributed by atoms with Gasteiger partial charge in [0, 0.05) is 34.2 Å². The summed E-state index contributed by atoms with van der Waals surface area (Å²) in [5.41, 5.74) is 2.37. The third-order valence-electron chi connectivity index (χ3n) is 3.27. The van der Waals surface area contributed by atoms with Crippen LogP contribution in [0.2, 0.25) is 5.02 Å². The molecule has 1 aromatic carbocycles. The Morgan fingerprint density at radius 3 is 2.55 bits per heavy atom. The molecule has 0 saturated carbocycles. The third kappa shape index (κ3) is 2.62. The minimum atomic E-state index is -0.422. The number of nitrogens with zero attached hydrogens (tertiary/aromatic N) is 2. The normalized spacial score (nSPS) is 10.2. The van der Waals surface area contributed by atoms with Gasteiger partial charge in [-0.2, -0.15) is 5.26 Å². The van der Waals surface area contributed by atoms with Gasteiger partial charge in [0.05, 0.1) is 0 Å². The Balaban J connectivity index is 2.24. The van der Waals surface area contributed by atoms with Crippen LogP contribution < -0.4 is 5.56 Å². The number of nitriles is 1. The Morgan fingerprint density at radius 2 is 1.91 bits per heavy atom. The first-order valence-corrected chi connectivity index (χ1v) is 6.90. The van der Waals surface area contributed by atoms with E-state index < -0.39 is 5.56 Å². The van der Waals surface area contributed by atoms with E-state index in [1.54, 1.807) is 36.7 Å². The van der Waals surface area contributed by atoms with Gasteiger partial charge in [0.2, 0.25) is 0 Å². The van der Waals surface area contributed by atoms with Crippen LogP contribution >= 0.6 is 11.6 Å². The zero-order chi connectivity index (χ0) is 15.5. The fraction of sp³-hybridized carbons (Fsp3) is 0. The molecular formula is C17H10ClN3O. The first-order valence-electron chi connectivity index (χ1n) is 6.53. The fourth-order valence-electron chi connectivity index (χ4n) is 2.21. The molecule has 0 fully saturated rings. The van der Waals surface area contributed by atoms with E-state index in [1.165, 1.54) is 0 Å². The maximum atomic E-state index is 12.2. The topological polar surface area (TPSA) is 69.5 Å². The molecule has 0 spiro atoms. The molecule has 0 aliphatic heterocycles. The molecule has 22 heavy (non-hydrogen) atoms. The molecule has 1 N–H and O–H groups in total. The van der Waals surface area contributed by atoms with E-state index in [0.29, 0.717) is 16.3 Å². The van der Waals surface area contributed by atoms with Gasteiger partial charge in [-0.25, -0.2) is 0 Å². The second-order valence-electron chi connectivity index (χ2n) is 4.66. The Kier molecular flexibility index (Phi) is 3.73. The Hall–Kier alpha value is -2.90. The second-order valence-corrected chi connectivity index (χ2v) is 5.10. The van der Waals surface area contributed by atoms with Crippen LogP contribution in [-0.4, -0.2) is 9.97 Å². The predicted molar refractivity (Wildman–Crippen MR) is 85.5 cm³/mol. The summed E-state index contributed by atoms with van der Waals surface area (Å²) in [5.74, 6) is 0. The van der Waals surface area contributed by atoms with E-state index in [9.17, 15) is 10.1 Å². The van der Waals surface area contributed by atoms with E-state index in [4.69, 9.17) is 11.6 Å². The number of rotatable bonds is 2. The molecule has 0 aliphatic carbocycles. The molecule has 0 unspecified atom stereocenters. The van der Waals surface area contributed by atoms with E-state index in [2.05, 4.69) is 9.97 Å². The maximum absolute atomic E-state index is 12.2. The highest BCUT2D eigenvalue weighted by molar-refractivity contribution is 6.30. The third-order valence-corrected chi connectivity index (χ3v) is 3.52. The van der Waals surface area contributed by atoms with Gasteiger partial charge in [0.15, 0.2) is 0 Å². The number of hydrogen-bond donors (Lipinski definition) is 1. The summed E-state index contributed by atoms with van der Waals surface area (Å²) in [7, 11) is 0. The van der Waals surface area contributed by atoms with Crippen molar-refractivity contribution in [3.8, 4) is 28.5 Å². The molecule has 106 valence electrons. The van der Waals surface area contributed by atoms with Gasteiger partial charge in [-0.3, -0.25) is 9.78 Å². The number of H-pyrrole nitrogens is 1. The van der Waals surface area contributed by atoms with Crippen LogP contribution in [-0.2, 0) is 0 Å². The molecule has 0 radical (unpaired) electrons. The highest BCUT2D eigenvalue weighted by Crippen LogP contribution is 2.26. The average molecular weight is 308 g/mol. The van der Waals surface area contributed by atoms with Crippen LogP contribution in [0, 0.1) is 11.3 Å². The van der Waals surface area contributed by atoms with Crippen molar-refractivity contribution in [2.75, 3.05) is 0 Å². The molecule has 0 bridgehead atoms. The van der Waals surface area contributed by atoms with Crippen LogP contribution in [0.3, 0.4) is 0 Å². The van der Waals surface area contributed by atoms with E-state index in [0.717, 1.165) is 11.1 Å². The standard InChI is InChI=1S/C17H10ClN3O/c18-13-5-3-11(4-6-13)16-8-14(12-2-1-7-20-10-12)15(9-19)17(22)21-16/h1-8,10H,(H,21,22). The number of aromatic nitrogens is 2. The SMILES string of the molecule is N#Cc1c(-c2cccnc2)cc(-c2ccc(Cl)cc2)[nH]c1=O. The summed E-state index contributed by atoms with van der Waals surface area (Å²) >= 11 is 5.88. The Morgan fingerprint density at radius 1 is 1.14 bits per heavy atom. The van der Waals surface area contributed by atoms with E-state index >= 15 is 0 Å². The van der Waals surface area contributed by atoms with Crippen LogP contribution in [0.5, 0.6) is 0 Å². The number of nitrogens with one attached hydrogen (secondary N) is 1. The largest absolute Gasteiger partial charge is 0.321 e. The minimum absolute atomic E-state index is 0.0747. The van der Waals surface area contributed by atoms with Crippen molar-refractivity contribution in [1.82, 2.24) is 9.97 Å². The highest BCUT2D eigenvalue weighted by Gasteiger charge is 2.12. The van der Waals surface area contributed by atoms with Gasteiger partial charge in [-0.1, -0.05) is 29.8 Å². The number of hydrogen-bond acceptors (Lipinski definition) is 3. The maximum Gasteiger partial charge on any atom is 0.266 e. The van der Waals surface area contributed by atoms with Crippen molar-refractivity contribution in [2.45, 2.75) is 0 Å². The summed E-state index contributed by atoms with van der Waals surface area (Å²) < 4.78 is 0. The Labute approximate surface area is 131 Å². The number of halogens is 1. The molecule has 5 heteroatoms. The molecule has 0 saturated heterocycles. The first kappa shape index (κ1) is 14.1. The van der Waals surface area contributed by atoms with Crippen LogP contribution in [0.25, 0.3) is 22.4 Å². The molecule has 2 aromatic heterocycles. The van der Waals surface area contributed by atoms with E-state index in [-0.39, 0.29) is 5.56 Å². The lowest BCUT2D eigenvalue weighted by Gasteiger charge is -2.07. The number of benzene rings is 1. The summed E-state index contributed by atoms with van der Waals surface area (Å²) in [6.07, 6.45) is 3.27. The van der Waals surface area contributed by atoms with Crippen molar-refractivity contribution in [2.24, 2.45) is 0 Å². The zero-order valence-electron chi connectivity index (χ0n) is 11.4.